The molecule has 0 spiro atoms. The maximum atomic E-state index is 14.4. The van der Waals surface area contributed by atoms with Crippen LogP contribution in [0.25, 0.3) is 22.3 Å². The normalized spacial score (nSPS) is 16.2. The number of amides is 2. The van der Waals surface area contributed by atoms with Crippen LogP contribution in [0.2, 0.25) is 5.02 Å². The van der Waals surface area contributed by atoms with E-state index in [9.17, 15) is 14.4 Å². The van der Waals surface area contributed by atoms with Gasteiger partial charge in [-0.1, -0.05) is 78.3 Å². The topological polar surface area (TPSA) is 133 Å². The van der Waals surface area contributed by atoms with Crippen LogP contribution in [0.5, 0.6) is 11.5 Å². The number of rotatable bonds is 9. The Morgan fingerprint density at radius 2 is 1.64 bits per heavy atom. The average molecular weight is 811 g/mol. The van der Waals surface area contributed by atoms with Gasteiger partial charge in [0.1, 0.15) is 24.5 Å². The molecule has 6 aromatic rings. The molecule has 4 aromatic carbocycles. The van der Waals surface area contributed by atoms with E-state index in [4.69, 9.17) is 30.2 Å². The molecule has 0 saturated carbocycles. The second-order valence-electron chi connectivity index (χ2n) is 14.9. The van der Waals surface area contributed by atoms with Crippen LogP contribution in [0.3, 0.4) is 0 Å². The van der Waals surface area contributed by atoms with E-state index < -0.39 is 36.0 Å². The zero-order valence-electron chi connectivity index (χ0n) is 33.4. The molecule has 300 valence electrons. The number of esters is 1. The summed E-state index contributed by atoms with van der Waals surface area (Å²) in [7, 11) is 1.28. The molecule has 0 bridgehead atoms. The highest BCUT2D eigenvalue weighted by molar-refractivity contribution is 6.31. The van der Waals surface area contributed by atoms with E-state index in [1.807, 2.05) is 105 Å². The van der Waals surface area contributed by atoms with Crippen molar-refractivity contribution in [1.29, 1.82) is 0 Å². The van der Waals surface area contributed by atoms with Crippen LogP contribution in [0.15, 0.2) is 102 Å². The van der Waals surface area contributed by atoms with Crippen LogP contribution in [0.4, 0.5) is 0 Å². The van der Waals surface area contributed by atoms with E-state index in [0.717, 1.165) is 55.8 Å². The summed E-state index contributed by atoms with van der Waals surface area (Å²) in [6.45, 7) is 7.61. The monoisotopic (exact) mass is 810 g/mol. The van der Waals surface area contributed by atoms with Crippen LogP contribution < -0.4 is 14.8 Å². The zero-order chi connectivity index (χ0) is 41.4. The summed E-state index contributed by atoms with van der Waals surface area (Å²) in [6.07, 6.45) is 1.62. The van der Waals surface area contributed by atoms with Gasteiger partial charge in [0, 0.05) is 48.8 Å². The van der Waals surface area contributed by atoms with Crippen LogP contribution in [-0.4, -0.2) is 58.5 Å². The second kappa shape index (κ2) is 16.4. The molecule has 0 aliphatic carbocycles. The van der Waals surface area contributed by atoms with E-state index in [0.29, 0.717) is 28.2 Å². The minimum Gasteiger partial charge on any atom is -0.485 e. The van der Waals surface area contributed by atoms with E-state index in [1.165, 1.54) is 12.0 Å². The number of methoxy groups -OCH3 is 1. The fourth-order valence-corrected chi connectivity index (χ4v) is 8.13. The lowest BCUT2D eigenvalue weighted by Gasteiger charge is -2.37. The minimum atomic E-state index is -1.02. The molecule has 2 aromatic heterocycles. The Hall–Kier alpha value is -6.46. The van der Waals surface area contributed by atoms with Crippen molar-refractivity contribution in [3.63, 3.8) is 0 Å². The van der Waals surface area contributed by atoms with Crippen molar-refractivity contribution in [3.8, 4) is 33.8 Å². The lowest BCUT2D eigenvalue weighted by atomic mass is 9.91. The maximum absolute atomic E-state index is 14.4. The molecule has 2 aliphatic heterocycles. The second-order valence-corrected chi connectivity index (χ2v) is 15.3. The van der Waals surface area contributed by atoms with Crippen LogP contribution in [0.1, 0.15) is 61.8 Å². The number of nitrogens with zero attached hydrogens (tertiary/aromatic N) is 3. The summed E-state index contributed by atoms with van der Waals surface area (Å²) >= 11 is 6.81. The van der Waals surface area contributed by atoms with Gasteiger partial charge in [-0.2, -0.15) is 0 Å². The van der Waals surface area contributed by atoms with Crippen LogP contribution in [0, 0.1) is 27.7 Å². The number of carbonyl (C=O) groups is 3. The Balaban J connectivity index is 1.05. The summed E-state index contributed by atoms with van der Waals surface area (Å²) in [5.41, 5.74) is 9.46. The highest BCUT2D eigenvalue weighted by Crippen LogP contribution is 2.42. The number of hydrogen-bond donors (Lipinski definition) is 1. The Morgan fingerprint density at radius 3 is 2.36 bits per heavy atom. The SMILES string of the molecule is COC(=O)C(Cc1ccc(-c2ccnc(C)c2C)cc1)NC(=O)[C@@H]1Cc2cc3c(cc2CN1C(=O)c1nc(C)oc1C)O[C@@H](c1ccc(-c2ccccc2)cc1Cl)CO3. The molecule has 1 unspecified atom stereocenters. The third kappa shape index (κ3) is 8.03. The standard InChI is InChI=1S/C47H43ClN4O7/c1-26-27(2)49-18-17-36(26)32-13-11-30(12-14-32)19-39(47(55)56-5)51-45(53)40-21-34-22-41-42(23-35(34)24-52(40)46(54)44-28(3)58-29(4)50-44)59-43(25-57-41)37-16-15-33(20-38(37)48)31-9-7-6-8-10-31/h6-18,20,22-23,39-40,43H,19,21,24-25H2,1-5H3,(H,51,53)/t39?,40-,43+/m0/s1. The number of halogens is 1. The van der Waals surface area contributed by atoms with Crippen molar-refractivity contribution >= 4 is 29.4 Å². The third-order valence-electron chi connectivity index (χ3n) is 11.1. The van der Waals surface area contributed by atoms with Gasteiger partial charge in [-0.25, -0.2) is 9.78 Å². The number of ether oxygens (including phenoxy) is 3. The Kier molecular flexibility index (Phi) is 11.0. The predicted molar refractivity (Wildman–Crippen MR) is 222 cm³/mol. The summed E-state index contributed by atoms with van der Waals surface area (Å²) in [5.74, 6) is 0.0892. The van der Waals surface area contributed by atoms with Crippen molar-refractivity contribution < 1.29 is 33.0 Å². The lowest BCUT2D eigenvalue weighted by Crippen LogP contribution is -2.56. The predicted octanol–water partition coefficient (Wildman–Crippen LogP) is 8.27. The summed E-state index contributed by atoms with van der Waals surface area (Å²) < 4.78 is 23.5. The molecule has 59 heavy (non-hydrogen) atoms. The van der Waals surface area contributed by atoms with Crippen molar-refractivity contribution in [3.05, 3.63) is 153 Å². The van der Waals surface area contributed by atoms with E-state index in [1.54, 1.807) is 20.0 Å². The van der Waals surface area contributed by atoms with Crippen LogP contribution in [-0.2, 0) is 33.7 Å². The van der Waals surface area contributed by atoms with Gasteiger partial charge in [-0.15, -0.1) is 0 Å². The molecule has 8 rings (SSSR count). The molecule has 2 amide bonds. The average Bonchev–Trinajstić information content (AvgIpc) is 3.59. The number of fused-ring (bicyclic) bond motifs is 2. The molecule has 4 heterocycles. The van der Waals surface area contributed by atoms with Crippen molar-refractivity contribution in [2.75, 3.05) is 13.7 Å². The van der Waals surface area contributed by atoms with Crippen LogP contribution >= 0.6 is 11.6 Å². The summed E-state index contributed by atoms with van der Waals surface area (Å²) in [6, 6.07) is 27.4. The molecular weight excluding hydrogens is 768 g/mol. The van der Waals surface area contributed by atoms with Gasteiger partial charge in [0.05, 0.1) is 7.11 Å². The zero-order valence-corrected chi connectivity index (χ0v) is 34.1. The number of benzene rings is 4. The fourth-order valence-electron chi connectivity index (χ4n) is 7.83. The highest BCUT2D eigenvalue weighted by Gasteiger charge is 2.40. The Bertz CT molecular complexity index is 2570. The first-order valence-electron chi connectivity index (χ1n) is 19.4. The molecule has 1 N–H and O–H groups in total. The Labute approximate surface area is 347 Å². The van der Waals surface area contributed by atoms with Gasteiger partial charge in [0.25, 0.3) is 5.91 Å². The molecule has 12 heteroatoms. The number of carbonyl (C=O) groups excluding carboxylic acids is 3. The number of nitrogens with one attached hydrogen (secondary N) is 1. The molecule has 0 radical (unpaired) electrons. The largest absolute Gasteiger partial charge is 0.485 e. The van der Waals surface area contributed by atoms with Crippen molar-refractivity contribution in [2.24, 2.45) is 0 Å². The van der Waals surface area contributed by atoms with Gasteiger partial charge < -0.3 is 28.8 Å². The first-order chi connectivity index (χ1) is 28.5. The third-order valence-corrected chi connectivity index (χ3v) is 11.5. The van der Waals surface area contributed by atoms with E-state index in [-0.39, 0.29) is 31.7 Å². The molecule has 0 fully saturated rings. The smallest absolute Gasteiger partial charge is 0.328 e. The highest BCUT2D eigenvalue weighted by atomic mass is 35.5. The van der Waals surface area contributed by atoms with Gasteiger partial charge in [-0.05, 0) is 89.5 Å². The fraction of sp³-hybridized carbons (Fsp3) is 0.255. The first kappa shape index (κ1) is 39.4. The van der Waals surface area contributed by atoms with Crippen molar-refractivity contribution in [1.82, 2.24) is 20.2 Å². The molecule has 0 saturated heterocycles. The first-order valence-corrected chi connectivity index (χ1v) is 19.8. The number of aromatic nitrogens is 2. The summed E-state index contributed by atoms with van der Waals surface area (Å²) in [5, 5.41) is 3.47. The Morgan fingerprint density at radius 1 is 0.898 bits per heavy atom. The van der Waals surface area contributed by atoms with Crippen molar-refractivity contribution in [2.45, 2.75) is 65.3 Å². The quantitative estimate of drug-likeness (QED) is 0.143. The maximum Gasteiger partial charge on any atom is 0.328 e. The number of hydrogen-bond acceptors (Lipinski definition) is 9. The molecule has 2 aliphatic rings. The molecule has 11 nitrogen and oxygen atoms in total. The number of oxazole rings is 1. The molecular formula is C47H43ClN4O7. The van der Waals surface area contributed by atoms with Gasteiger partial charge in [-0.3, -0.25) is 14.6 Å². The number of pyridine rings is 1. The lowest BCUT2D eigenvalue weighted by molar-refractivity contribution is -0.145. The van der Waals surface area contributed by atoms with E-state index in [2.05, 4.69) is 15.3 Å². The van der Waals surface area contributed by atoms with Gasteiger partial charge >= 0.3 is 5.97 Å². The summed E-state index contributed by atoms with van der Waals surface area (Å²) in [4.78, 5) is 52.0. The van der Waals surface area contributed by atoms with Gasteiger partial charge in [0.2, 0.25) is 5.91 Å². The van der Waals surface area contributed by atoms with E-state index >= 15 is 0 Å². The molecule has 3 atom stereocenters. The minimum absolute atomic E-state index is 0.0592. The number of aryl methyl sites for hydroxylation is 3. The van der Waals surface area contributed by atoms with Gasteiger partial charge in [0.15, 0.2) is 29.2 Å².